The number of carbonyl (C=O) groups is 1. The molecule has 0 spiro atoms. The maximum absolute atomic E-state index is 10.5. The van der Waals surface area contributed by atoms with Gasteiger partial charge in [-0.3, -0.25) is 9.10 Å². The molecule has 1 fully saturated rings. The van der Waals surface area contributed by atoms with E-state index in [-0.39, 0.29) is 0 Å². The second-order valence-electron chi connectivity index (χ2n) is 3.20. The van der Waals surface area contributed by atoms with Gasteiger partial charge in [-0.2, -0.15) is 0 Å². The van der Waals surface area contributed by atoms with Crippen LogP contribution in [0.1, 0.15) is 38.5 Å². The molecule has 0 radical (unpaired) electrons. The van der Waals surface area contributed by atoms with Gasteiger partial charge in [-0.05, 0) is 24.8 Å². The largest absolute Gasteiger partial charge is 0.289 e. The van der Waals surface area contributed by atoms with Crippen molar-refractivity contribution >= 4 is 18.4 Å². The third-order valence-electron chi connectivity index (χ3n) is 2.15. The van der Waals surface area contributed by atoms with Crippen LogP contribution in [0.5, 0.6) is 0 Å². The Bertz CT molecular complexity index is 120. The zero-order valence-electron chi connectivity index (χ0n) is 7.50. The van der Waals surface area contributed by atoms with Crippen LogP contribution in [0.15, 0.2) is 0 Å². The van der Waals surface area contributed by atoms with Gasteiger partial charge in [-0.25, -0.2) is 0 Å². The van der Waals surface area contributed by atoms with Gasteiger partial charge in [0, 0.05) is 12.3 Å². The number of hydrogen-bond acceptors (Lipinski definition) is 2. The summed E-state index contributed by atoms with van der Waals surface area (Å²) in [5.74, 6) is 1.11. The highest BCUT2D eigenvalue weighted by atomic mass is 32.2. The van der Waals surface area contributed by atoms with Gasteiger partial charge in [-0.15, -0.1) is 0 Å². The molecule has 3 heteroatoms. The monoisotopic (exact) mass is 187 g/mol. The molecule has 2 nitrogen and oxygen atoms in total. The molecule has 0 atom stereocenters. The van der Waals surface area contributed by atoms with Gasteiger partial charge in [0.05, 0.1) is 0 Å². The molecule has 0 unspecified atom stereocenters. The number of hydrogen-bond donors (Lipinski definition) is 0. The van der Waals surface area contributed by atoms with Crippen LogP contribution in [0.2, 0.25) is 0 Å². The van der Waals surface area contributed by atoms with E-state index < -0.39 is 0 Å². The second-order valence-corrected chi connectivity index (χ2v) is 4.34. The third-order valence-corrected chi connectivity index (χ3v) is 3.22. The van der Waals surface area contributed by atoms with E-state index in [9.17, 15) is 4.79 Å². The second kappa shape index (κ2) is 6.35. The average molecular weight is 187 g/mol. The molecule has 1 amide bonds. The van der Waals surface area contributed by atoms with E-state index in [0.717, 1.165) is 18.7 Å². The Morgan fingerprint density at radius 1 is 1.00 bits per heavy atom. The zero-order chi connectivity index (χ0) is 8.65. The van der Waals surface area contributed by atoms with Crippen molar-refractivity contribution in [2.24, 2.45) is 0 Å². The predicted octanol–water partition coefficient (Wildman–Crippen LogP) is 2.45. The van der Waals surface area contributed by atoms with E-state index in [2.05, 4.69) is 0 Å². The first-order valence-electron chi connectivity index (χ1n) is 4.78. The number of nitrogens with zero attached hydrogens (tertiary/aromatic N) is 1. The van der Waals surface area contributed by atoms with E-state index in [1.54, 1.807) is 11.9 Å². The van der Waals surface area contributed by atoms with E-state index in [0.29, 0.717) is 0 Å². The summed E-state index contributed by atoms with van der Waals surface area (Å²) in [6, 6.07) is 0. The van der Waals surface area contributed by atoms with Crippen LogP contribution in [-0.2, 0) is 4.79 Å². The Balaban J connectivity index is 2.21. The number of rotatable bonds is 1. The normalized spacial score (nSPS) is 21.8. The summed E-state index contributed by atoms with van der Waals surface area (Å²) >= 11 is 1.69. The molecule has 1 rings (SSSR count). The van der Waals surface area contributed by atoms with Crippen molar-refractivity contribution in [3.05, 3.63) is 0 Å². The Labute approximate surface area is 78.8 Å². The summed E-state index contributed by atoms with van der Waals surface area (Å²) in [6.45, 7) is 0.939. The standard InChI is InChI=1S/C9H17NOS/c11-9-10-7-5-3-1-2-4-6-8-12-10/h9H,1-8H2. The molecule has 0 aromatic carbocycles. The molecule has 0 aromatic heterocycles. The van der Waals surface area contributed by atoms with Crippen molar-refractivity contribution in [1.82, 2.24) is 4.31 Å². The minimum absolute atomic E-state index is 0.939. The number of amides is 1. The van der Waals surface area contributed by atoms with Gasteiger partial charge in [0.2, 0.25) is 6.41 Å². The summed E-state index contributed by atoms with van der Waals surface area (Å²) in [4.78, 5) is 10.5. The quantitative estimate of drug-likeness (QED) is 0.464. The highest BCUT2D eigenvalue weighted by molar-refractivity contribution is 7.97. The molecule has 0 aliphatic carbocycles. The molecular weight excluding hydrogens is 170 g/mol. The number of carbonyl (C=O) groups excluding carboxylic acids is 1. The first-order chi connectivity index (χ1) is 5.93. The van der Waals surface area contributed by atoms with Crippen molar-refractivity contribution in [1.29, 1.82) is 0 Å². The van der Waals surface area contributed by atoms with Crippen molar-refractivity contribution < 1.29 is 4.79 Å². The fourth-order valence-corrected chi connectivity index (χ4v) is 2.29. The highest BCUT2D eigenvalue weighted by Crippen LogP contribution is 2.16. The minimum atomic E-state index is 0.939. The van der Waals surface area contributed by atoms with Gasteiger partial charge in [0.1, 0.15) is 0 Å². The first kappa shape index (κ1) is 9.90. The molecule has 70 valence electrons. The van der Waals surface area contributed by atoms with Gasteiger partial charge in [0.25, 0.3) is 0 Å². The molecule has 1 aliphatic heterocycles. The Hall–Kier alpha value is -0.180. The minimum Gasteiger partial charge on any atom is -0.289 e. The lowest BCUT2D eigenvalue weighted by molar-refractivity contribution is -0.113. The summed E-state index contributed by atoms with van der Waals surface area (Å²) in [7, 11) is 0. The lowest BCUT2D eigenvalue weighted by Crippen LogP contribution is -2.16. The Morgan fingerprint density at radius 3 is 2.42 bits per heavy atom. The van der Waals surface area contributed by atoms with Crippen molar-refractivity contribution in [2.45, 2.75) is 38.5 Å². The van der Waals surface area contributed by atoms with Gasteiger partial charge in [0.15, 0.2) is 0 Å². The zero-order valence-corrected chi connectivity index (χ0v) is 8.31. The maximum atomic E-state index is 10.5. The van der Waals surface area contributed by atoms with E-state index in [1.165, 1.54) is 38.5 Å². The molecule has 0 N–H and O–H groups in total. The van der Waals surface area contributed by atoms with E-state index in [4.69, 9.17) is 0 Å². The van der Waals surface area contributed by atoms with Gasteiger partial charge in [-0.1, -0.05) is 25.7 Å². The first-order valence-corrected chi connectivity index (χ1v) is 5.72. The van der Waals surface area contributed by atoms with Crippen molar-refractivity contribution in [3.63, 3.8) is 0 Å². The molecule has 12 heavy (non-hydrogen) atoms. The van der Waals surface area contributed by atoms with Crippen LogP contribution < -0.4 is 0 Å². The Morgan fingerprint density at radius 2 is 1.67 bits per heavy atom. The summed E-state index contributed by atoms with van der Waals surface area (Å²) in [5.41, 5.74) is 0. The Kier molecular flexibility index (Phi) is 5.24. The molecule has 0 saturated carbocycles. The average Bonchev–Trinajstić information content (AvgIpc) is 2.14. The molecule has 1 aliphatic rings. The van der Waals surface area contributed by atoms with E-state index in [1.807, 2.05) is 4.31 Å². The molecule has 0 aromatic rings. The van der Waals surface area contributed by atoms with Crippen LogP contribution in [0, 0.1) is 0 Å². The lowest BCUT2D eigenvalue weighted by atomic mass is 10.1. The fourth-order valence-electron chi connectivity index (χ4n) is 1.41. The summed E-state index contributed by atoms with van der Waals surface area (Å²) in [5, 5.41) is 0. The molecule has 1 saturated heterocycles. The third kappa shape index (κ3) is 4.00. The van der Waals surface area contributed by atoms with Crippen LogP contribution in [-0.4, -0.2) is 23.0 Å². The van der Waals surface area contributed by atoms with Crippen LogP contribution in [0.3, 0.4) is 0 Å². The summed E-state index contributed by atoms with van der Waals surface area (Å²) < 4.78 is 1.84. The van der Waals surface area contributed by atoms with Crippen LogP contribution in [0.25, 0.3) is 0 Å². The molecular formula is C9H17NOS. The fraction of sp³-hybridized carbons (Fsp3) is 0.889. The van der Waals surface area contributed by atoms with Crippen molar-refractivity contribution in [3.8, 4) is 0 Å². The van der Waals surface area contributed by atoms with Crippen LogP contribution in [0.4, 0.5) is 0 Å². The predicted molar refractivity (Wildman–Crippen MR) is 52.9 cm³/mol. The van der Waals surface area contributed by atoms with Crippen molar-refractivity contribution in [2.75, 3.05) is 12.3 Å². The SMILES string of the molecule is O=CN1CCCCCCCCS1. The highest BCUT2D eigenvalue weighted by Gasteiger charge is 2.03. The van der Waals surface area contributed by atoms with Gasteiger partial charge >= 0.3 is 0 Å². The maximum Gasteiger partial charge on any atom is 0.219 e. The topological polar surface area (TPSA) is 20.3 Å². The lowest BCUT2D eigenvalue weighted by Gasteiger charge is -2.16. The summed E-state index contributed by atoms with van der Waals surface area (Å²) in [6.07, 6.45) is 8.73. The van der Waals surface area contributed by atoms with E-state index >= 15 is 0 Å². The van der Waals surface area contributed by atoms with Crippen LogP contribution >= 0.6 is 11.9 Å². The van der Waals surface area contributed by atoms with Gasteiger partial charge < -0.3 is 0 Å². The molecule has 0 bridgehead atoms. The molecule has 1 heterocycles. The smallest absolute Gasteiger partial charge is 0.219 e.